The van der Waals surface area contributed by atoms with E-state index in [4.69, 9.17) is 4.74 Å². The van der Waals surface area contributed by atoms with E-state index in [0.29, 0.717) is 18.2 Å². The summed E-state index contributed by atoms with van der Waals surface area (Å²) < 4.78 is 5.71. The Morgan fingerprint density at radius 2 is 2.24 bits per heavy atom. The van der Waals surface area contributed by atoms with Crippen molar-refractivity contribution in [2.75, 3.05) is 33.3 Å². The van der Waals surface area contributed by atoms with Gasteiger partial charge in [-0.05, 0) is 31.2 Å². The third-order valence-electron chi connectivity index (χ3n) is 4.62. The van der Waals surface area contributed by atoms with Crippen molar-refractivity contribution in [3.05, 3.63) is 34.5 Å². The number of nitrogens with one attached hydrogen (secondary N) is 2. The fourth-order valence-electron chi connectivity index (χ4n) is 3.34. The zero-order valence-corrected chi connectivity index (χ0v) is 18.1. The number of halogens is 1. The molecule has 1 aliphatic carbocycles. The van der Waals surface area contributed by atoms with Crippen LogP contribution in [0.15, 0.2) is 34.7 Å². The van der Waals surface area contributed by atoms with Crippen LogP contribution in [0.1, 0.15) is 30.7 Å². The van der Waals surface area contributed by atoms with E-state index in [1.807, 2.05) is 18.4 Å². The van der Waals surface area contributed by atoms with Crippen molar-refractivity contribution in [3.8, 4) is 0 Å². The van der Waals surface area contributed by atoms with E-state index in [1.165, 1.54) is 4.88 Å². The number of morpholine rings is 1. The summed E-state index contributed by atoms with van der Waals surface area (Å²) in [7, 11) is 1.84. The molecule has 2 atom stereocenters. The third kappa shape index (κ3) is 5.94. The van der Waals surface area contributed by atoms with E-state index in [1.54, 1.807) is 0 Å². The van der Waals surface area contributed by atoms with E-state index in [-0.39, 0.29) is 24.0 Å². The van der Waals surface area contributed by atoms with Crippen molar-refractivity contribution >= 4 is 41.3 Å². The lowest BCUT2D eigenvalue weighted by molar-refractivity contribution is -0.0334. The van der Waals surface area contributed by atoms with Gasteiger partial charge in [-0.2, -0.15) is 0 Å². The van der Waals surface area contributed by atoms with Crippen molar-refractivity contribution in [1.29, 1.82) is 0 Å². The monoisotopic (exact) mass is 476 g/mol. The van der Waals surface area contributed by atoms with Gasteiger partial charge in [0.1, 0.15) is 0 Å². The Morgan fingerprint density at radius 1 is 1.44 bits per heavy atom. The first-order valence-corrected chi connectivity index (χ1v) is 9.65. The molecule has 140 valence electrons. The minimum Gasteiger partial charge on any atom is -0.376 e. The van der Waals surface area contributed by atoms with Crippen molar-refractivity contribution < 1.29 is 4.74 Å². The Balaban J connectivity index is 0.00000225. The molecule has 25 heavy (non-hydrogen) atoms. The minimum atomic E-state index is 0. The summed E-state index contributed by atoms with van der Waals surface area (Å²) >= 11 is 1.83. The summed E-state index contributed by atoms with van der Waals surface area (Å²) in [6, 6.07) is 5.19. The van der Waals surface area contributed by atoms with E-state index in [9.17, 15) is 0 Å². The highest BCUT2D eigenvalue weighted by atomic mass is 127. The first-order chi connectivity index (χ1) is 11.8. The average Bonchev–Trinajstić information content (AvgIpc) is 3.28. The maximum Gasteiger partial charge on any atom is 0.191 e. The van der Waals surface area contributed by atoms with Crippen molar-refractivity contribution in [3.63, 3.8) is 0 Å². The van der Waals surface area contributed by atoms with E-state index >= 15 is 0 Å². The van der Waals surface area contributed by atoms with Crippen LogP contribution in [0.5, 0.6) is 0 Å². The largest absolute Gasteiger partial charge is 0.376 e. The molecule has 2 heterocycles. The van der Waals surface area contributed by atoms with Crippen LogP contribution in [0.2, 0.25) is 0 Å². The summed E-state index contributed by atoms with van der Waals surface area (Å²) in [6.07, 6.45) is 6.91. The van der Waals surface area contributed by atoms with Crippen LogP contribution in [0.25, 0.3) is 0 Å². The SMILES string of the molecule is CN=C(NCC(c1cccs1)N1CCOC(C)C1)NC1CC=CC1.I. The number of nitrogens with zero attached hydrogens (tertiary/aromatic N) is 2. The molecular weight excluding hydrogens is 447 g/mol. The molecule has 1 aliphatic heterocycles. The molecular formula is C18H29IN4OS. The second-order valence-corrected chi connectivity index (χ2v) is 7.42. The average molecular weight is 476 g/mol. The topological polar surface area (TPSA) is 48.9 Å². The number of hydrogen-bond acceptors (Lipinski definition) is 4. The first kappa shape index (κ1) is 20.7. The number of thiophene rings is 1. The Kier molecular flexibility index (Phi) is 8.68. The standard InChI is InChI=1S/C18H28N4OS.HI/c1-14-13-22(9-10-23-14)16(17-8-5-11-24-17)12-20-18(19-2)21-15-6-3-4-7-15;/h3-5,8,11,14-16H,6-7,9-10,12-13H2,1-2H3,(H2,19,20,21);1H. The molecule has 1 saturated heterocycles. The molecule has 5 nitrogen and oxygen atoms in total. The predicted octanol–water partition coefficient (Wildman–Crippen LogP) is 3.01. The summed E-state index contributed by atoms with van der Waals surface area (Å²) in [5, 5.41) is 9.20. The molecule has 0 bridgehead atoms. The number of aliphatic imine (C=N–C) groups is 1. The molecule has 1 aromatic heterocycles. The molecule has 0 radical (unpaired) electrons. The van der Waals surface area contributed by atoms with Crippen molar-refractivity contribution in [2.24, 2.45) is 4.99 Å². The molecule has 0 spiro atoms. The van der Waals surface area contributed by atoms with Crippen LogP contribution >= 0.6 is 35.3 Å². The fourth-order valence-corrected chi connectivity index (χ4v) is 4.20. The first-order valence-electron chi connectivity index (χ1n) is 8.77. The highest BCUT2D eigenvalue weighted by Crippen LogP contribution is 2.26. The predicted molar refractivity (Wildman–Crippen MR) is 116 cm³/mol. The highest BCUT2D eigenvalue weighted by molar-refractivity contribution is 14.0. The maximum absolute atomic E-state index is 5.71. The van der Waals surface area contributed by atoms with Gasteiger partial charge in [-0.1, -0.05) is 18.2 Å². The van der Waals surface area contributed by atoms with Gasteiger partial charge in [-0.25, -0.2) is 0 Å². The van der Waals surface area contributed by atoms with Crippen LogP contribution < -0.4 is 10.6 Å². The smallest absolute Gasteiger partial charge is 0.191 e. The Hall–Kier alpha value is -0.640. The number of ether oxygens (including phenoxy) is 1. The summed E-state index contributed by atoms with van der Waals surface area (Å²) in [5.74, 6) is 0.895. The van der Waals surface area contributed by atoms with E-state index < -0.39 is 0 Å². The van der Waals surface area contributed by atoms with Gasteiger partial charge < -0.3 is 15.4 Å². The van der Waals surface area contributed by atoms with Crippen molar-refractivity contribution in [1.82, 2.24) is 15.5 Å². The second kappa shape index (κ2) is 10.5. The lowest BCUT2D eigenvalue weighted by Crippen LogP contribution is -2.49. The summed E-state index contributed by atoms with van der Waals surface area (Å²) in [5.41, 5.74) is 0. The second-order valence-electron chi connectivity index (χ2n) is 6.44. The highest BCUT2D eigenvalue weighted by Gasteiger charge is 2.26. The third-order valence-corrected chi connectivity index (χ3v) is 5.59. The fraction of sp³-hybridized carbons (Fsp3) is 0.611. The molecule has 2 N–H and O–H groups in total. The zero-order valence-electron chi connectivity index (χ0n) is 15.0. The molecule has 3 rings (SSSR count). The normalized spacial score (nSPS) is 23.3. The van der Waals surface area contributed by atoms with Crippen LogP contribution in [0.3, 0.4) is 0 Å². The molecule has 1 fully saturated rings. The van der Waals surface area contributed by atoms with Gasteiger partial charge in [0.25, 0.3) is 0 Å². The molecule has 2 unspecified atom stereocenters. The van der Waals surface area contributed by atoms with Crippen LogP contribution in [-0.2, 0) is 4.74 Å². The van der Waals surface area contributed by atoms with Gasteiger partial charge in [0.15, 0.2) is 5.96 Å². The molecule has 0 amide bonds. The Morgan fingerprint density at radius 3 is 2.88 bits per heavy atom. The van der Waals surface area contributed by atoms with E-state index in [2.05, 4.69) is 57.1 Å². The van der Waals surface area contributed by atoms with Gasteiger partial charge in [0, 0.05) is 37.6 Å². The lowest BCUT2D eigenvalue weighted by atomic mass is 10.1. The summed E-state index contributed by atoms with van der Waals surface area (Å²) in [4.78, 5) is 8.31. The molecule has 0 aromatic carbocycles. The molecule has 0 saturated carbocycles. The number of rotatable bonds is 5. The van der Waals surface area contributed by atoms with Gasteiger partial charge in [-0.3, -0.25) is 9.89 Å². The Labute approximate surface area is 171 Å². The zero-order chi connectivity index (χ0) is 16.8. The van der Waals surface area contributed by atoms with Crippen LogP contribution in [-0.4, -0.2) is 56.3 Å². The quantitative estimate of drug-likeness (QED) is 0.297. The van der Waals surface area contributed by atoms with Gasteiger partial charge >= 0.3 is 0 Å². The number of guanidine groups is 1. The van der Waals surface area contributed by atoms with Crippen LogP contribution in [0, 0.1) is 0 Å². The Bertz CT molecular complexity index is 555. The van der Waals surface area contributed by atoms with Gasteiger partial charge in [0.05, 0.1) is 18.8 Å². The van der Waals surface area contributed by atoms with Crippen LogP contribution in [0.4, 0.5) is 0 Å². The van der Waals surface area contributed by atoms with E-state index in [0.717, 1.165) is 45.0 Å². The molecule has 2 aliphatic rings. The molecule has 7 heteroatoms. The maximum atomic E-state index is 5.71. The molecule has 1 aromatic rings. The van der Waals surface area contributed by atoms with Gasteiger partial charge in [-0.15, -0.1) is 35.3 Å². The number of hydrogen-bond donors (Lipinski definition) is 2. The lowest BCUT2D eigenvalue weighted by Gasteiger charge is -2.37. The minimum absolute atomic E-state index is 0. The summed E-state index contributed by atoms with van der Waals surface area (Å²) in [6.45, 7) is 5.77. The van der Waals surface area contributed by atoms with Crippen molar-refractivity contribution in [2.45, 2.75) is 38.0 Å². The van der Waals surface area contributed by atoms with Gasteiger partial charge in [0.2, 0.25) is 0 Å².